The van der Waals surface area contributed by atoms with Gasteiger partial charge in [-0.05, 0) is 32.1 Å². The van der Waals surface area contributed by atoms with Crippen LogP contribution in [0.5, 0.6) is 0 Å². The second-order valence-electron chi connectivity index (χ2n) is 8.52. The standard InChI is InChI=1S/C18H36N4O.2ClH/c1-14-6-7-15(2)22(14)13-10-20-8-11-21(12-9-20)17(23)16(19)18(3,4)5;;/h14-16H,6-13,19H2,1-5H3;2*1H/t14?,15?,16-;;/m1../s1. The van der Waals surface area contributed by atoms with Crippen molar-refractivity contribution < 1.29 is 4.79 Å². The molecule has 150 valence electrons. The summed E-state index contributed by atoms with van der Waals surface area (Å²) in [5.74, 6) is 0.110. The number of rotatable bonds is 4. The maximum Gasteiger partial charge on any atom is 0.240 e. The molecule has 0 bridgehead atoms. The highest BCUT2D eigenvalue weighted by Gasteiger charge is 2.33. The zero-order valence-corrected chi connectivity index (χ0v) is 18.2. The first-order chi connectivity index (χ1) is 10.7. The summed E-state index contributed by atoms with van der Waals surface area (Å²) in [6, 6.07) is 1.04. The van der Waals surface area contributed by atoms with E-state index in [-0.39, 0.29) is 36.1 Å². The highest BCUT2D eigenvalue weighted by molar-refractivity contribution is 5.85. The first kappa shape index (κ1) is 24.9. The van der Waals surface area contributed by atoms with Crippen LogP contribution in [-0.2, 0) is 4.79 Å². The van der Waals surface area contributed by atoms with Crippen molar-refractivity contribution in [2.45, 2.75) is 65.6 Å². The average Bonchev–Trinajstić information content (AvgIpc) is 2.82. The Morgan fingerprint density at radius 3 is 1.92 bits per heavy atom. The van der Waals surface area contributed by atoms with Gasteiger partial charge in [0.05, 0.1) is 6.04 Å². The molecule has 0 saturated carbocycles. The summed E-state index contributed by atoms with van der Waals surface area (Å²) in [7, 11) is 0. The SMILES string of the molecule is CC1CCC(C)N1CCN1CCN(C(=O)[C@@H](N)C(C)(C)C)CC1.Cl.Cl. The van der Waals surface area contributed by atoms with Gasteiger partial charge in [-0.25, -0.2) is 0 Å². The van der Waals surface area contributed by atoms with Gasteiger partial charge in [0, 0.05) is 51.4 Å². The van der Waals surface area contributed by atoms with E-state index in [2.05, 4.69) is 23.6 Å². The fourth-order valence-corrected chi connectivity index (χ4v) is 3.71. The van der Waals surface area contributed by atoms with Gasteiger partial charge in [-0.15, -0.1) is 24.8 Å². The van der Waals surface area contributed by atoms with Crippen LogP contribution in [-0.4, -0.2) is 78.0 Å². The molecule has 2 unspecified atom stereocenters. The molecule has 0 radical (unpaired) electrons. The third kappa shape index (κ3) is 6.55. The molecule has 2 rings (SSSR count). The lowest BCUT2D eigenvalue weighted by Gasteiger charge is -2.39. The van der Waals surface area contributed by atoms with Crippen LogP contribution in [0, 0.1) is 5.41 Å². The molecule has 3 atom stereocenters. The van der Waals surface area contributed by atoms with E-state index in [1.54, 1.807) is 0 Å². The van der Waals surface area contributed by atoms with E-state index in [1.807, 2.05) is 25.7 Å². The van der Waals surface area contributed by atoms with Crippen LogP contribution in [0.15, 0.2) is 0 Å². The minimum Gasteiger partial charge on any atom is -0.339 e. The maximum atomic E-state index is 12.5. The molecule has 2 fully saturated rings. The fourth-order valence-electron chi connectivity index (χ4n) is 3.71. The van der Waals surface area contributed by atoms with Gasteiger partial charge >= 0.3 is 0 Å². The lowest BCUT2D eigenvalue weighted by molar-refractivity contribution is -0.136. The molecule has 7 heteroatoms. The number of carbonyl (C=O) groups is 1. The van der Waals surface area contributed by atoms with Gasteiger partial charge in [0.1, 0.15) is 0 Å². The van der Waals surface area contributed by atoms with Gasteiger partial charge in [0.25, 0.3) is 0 Å². The summed E-state index contributed by atoms with van der Waals surface area (Å²) in [5, 5.41) is 0. The zero-order chi connectivity index (χ0) is 17.2. The molecule has 1 amide bonds. The lowest BCUT2D eigenvalue weighted by Crippen LogP contribution is -2.56. The van der Waals surface area contributed by atoms with Crippen molar-refractivity contribution in [2.75, 3.05) is 39.3 Å². The topological polar surface area (TPSA) is 52.8 Å². The molecular weight excluding hydrogens is 359 g/mol. The van der Waals surface area contributed by atoms with Crippen molar-refractivity contribution >= 4 is 30.7 Å². The summed E-state index contributed by atoms with van der Waals surface area (Å²) in [6.45, 7) is 16.6. The van der Waals surface area contributed by atoms with Gasteiger partial charge in [-0.3, -0.25) is 14.6 Å². The summed E-state index contributed by atoms with van der Waals surface area (Å²) >= 11 is 0. The van der Waals surface area contributed by atoms with E-state index >= 15 is 0 Å². The molecule has 2 aliphatic heterocycles. The van der Waals surface area contributed by atoms with Gasteiger partial charge in [0.2, 0.25) is 5.91 Å². The minimum atomic E-state index is -0.402. The van der Waals surface area contributed by atoms with Crippen LogP contribution in [0.4, 0.5) is 0 Å². The van der Waals surface area contributed by atoms with Gasteiger partial charge in [-0.2, -0.15) is 0 Å². The number of piperazine rings is 1. The first-order valence-corrected chi connectivity index (χ1v) is 9.22. The molecule has 5 nitrogen and oxygen atoms in total. The number of nitrogens with two attached hydrogens (primary N) is 1. The summed E-state index contributed by atoms with van der Waals surface area (Å²) < 4.78 is 0. The predicted octanol–water partition coefficient (Wildman–Crippen LogP) is 2.22. The van der Waals surface area contributed by atoms with Crippen LogP contribution in [0.3, 0.4) is 0 Å². The van der Waals surface area contributed by atoms with Crippen LogP contribution in [0.1, 0.15) is 47.5 Å². The van der Waals surface area contributed by atoms with Crippen LogP contribution < -0.4 is 5.73 Å². The average molecular weight is 397 g/mol. The summed E-state index contributed by atoms with van der Waals surface area (Å²) in [5.41, 5.74) is 5.95. The Hall–Kier alpha value is -0.0700. The van der Waals surface area contributed by atoms with Crippen molar-refractivity contribution in [3.63, 3.8) is 0 Å². The monoisotopic (exact) mass is 396 g/mol. The Bertz CT molecular complexity index is 398. The Kier molecular flexibility index (Phi) is 10.3. The molecule has 0 aromatic carbocycles. The van der Waals surface area contributed by atoms with E-state index in [9.17, 15) is 4.79 Å². The quantitative estimate of drug-likeness (QED) is 0.791. The van der Waals surface area contributed by atoms with E-state index in [0.29, 0.717) is 0 Å². The molecule has 2 aliphatic rings. The largest absolute Gasteiger partial charge is 0.339 e. The number of carbonyl (C=O) groups excluding carboxylic acids is 1. The third-order valence-corrected chi connectivity index (χ3v) is 5.69. The normalized spacial score (nSPS) is 26.7. The van der Waals surface area contributed by atoms with Crippen LogP contribution >= 0.6 is 24.8 Å². The Morgan fingerprint density at radius 2 is 1.48 bits per heavy atom. The second kappa shape index (κ2) is 10.3. The number of halogens is 2. The summed E-state index contributed by atoms with van der Waals surface area (Å²) in [6.07, 6.45) is 2.66. The molecule has 0 aliphatic carbocycles. The van der Waals surface area contributed by atoms with E-state index < -0.39 is 6.04 Å². The minimum absolute atomic E-state index is 0. The Labute approximate surface area is 166 Å². The van der Waals surface area contributed by atoms with E-state index in [0.717, 1.165) is 51.4 Å². The number of nitrogens with zero attached hydrogens (tertiary/aromatic N) is 3. The first-order valence-electron chi connectivity index (χ1n) is 9.22. The van der Waals surface area contributed by atoms with E-state index in [4.69, 9.17) is 5.73 Å². The third-order valence-electron chi connectivity index (χ3n) is 5.69. The molecule has 25 heavy (non-hydrogen) atoms. The molecule has 2 N–H and O–H groups in total. The van der Waals surface area contributed by atoms with Crippen LogP contribution in [0.25, 0.3) is 0 Å². The zero-order valence-electron chi connectivity index (χ0n) is 16.5. The molecule has 0 aromatic rings. The van der Waals surface area contributed by atoms with Crippen molar-refractivity contribution in [2.24, 2.45) is 11.1 Å². The van der Waals surface area contributed by atoms with Gasteiger partial charge < -0.3 is 10.6 Å². The second-order valence-corrected chi connectivity index (χ2v) is 8.52. The molecule has 2 heterocycles. The smallest absolute Gasteiger partial charge is 0.240 e. The van der Waals surface area contributed by atoms with Crippen LogP contribution in [0.2, 0.25) is 0 Å². The Morgan fingerprint density at radius 1 is 1.00 bits per heavy atom. The molecular formula is C18H38Cl2N4O. The highest BCUT2D eigenvalue weighted by Crippen LogP contribution is 2.23. The number of likely N-dealkylation sites (tertiary alicyclic amines) is 1. The Balaban J connectivity index is 0.00000288. The molecule has 2 saturated heterocycles. The number of amides is 1. The van der Waals surface area contributed by atoms with Gasteiger partial charge in [0.15, 0.2) is 0 Å². The molecule has 0 spiro atoms. The maximum absolute atomic E-state index is 12.5. The van der Waals surface area contributed by atoms with Crippen molar-refractivity contribution in [1.82, 2.24) is 14.7 Å². The number of hydrogen-bond acceptors (Lipinski definition) is 4. The summed E-state index contributed by atoms with van der Waals surface area (Å²) in [4.78, 5) is 19.6. The predicted molar refractivity (Wildman–Crippen MR) is 110 cm³/mol. The fraction of sp³-hybridized carbons (Fsp3) is 0.944. The van der Waals surface area contributed by atoms with E-state index in [1.165, 1.54) is 12.8 Å². The van der Waals surface area contributed by atoms with Crippen molar-refractivity contribution in [1.29, 1.82) is 0 Å². The van der Waals surface area contributed by atoms with Gasteiger partial charge in [-0.1, -0.05) is 20.8 Å². The number of hydrogen-bond donors (Lipinski definition) is 1. The lowest BCUT2D eigenvalue weighted by atomic mass is 9.86. The van der Waals surface area contributed by atoms with Crippen molar-refractivity contribution in [3.8, 4) is 0 Å². The van der Waals surface area contributed by atoms with Crippen molar-refractivity contribution in [3.05, 3.63) is 0 Å². The molecule has 0 aromatic heterocycles. The highest BCUT2D eigenvalue weighted by atomic mass is 35.5.